The van der Waals surface area contributed by atoms with Crippen molar-refractivity contribution in [3.05, 3.63) is 30.2 Å². The van der Waals surface area contributed by atoms with Crippen molar-refractivity contribution in [1.29, 1.82) is 0 Å². The molecule has 0 aliphatic rings. The molecule has 0 fully saturated rings. The molecule has 1 amide bonds. The van der Waals surface area contributed by atoms with Crippen LogP contribution in [0.5, 0.6) is 5.75 Å². The lowest BCUT2D eigenvalue weighted by molar-refractivity contribution is -0.121. The molecule has 0 unspecified atom stereocenters. The number of hydrogen-bond acceptors (Lipinski definition) is 6. The molecule has 0 bridgehead atoms. The molecular formula is C15H19N3O4. The Morgan fingerprint density at radius 1 is 1.36 bits per heavy atom. The number of rotatable bonds is 8. The Balaban J connectivity index is 1.91. The maximum Gasteiger partial charge on any atom is 0.227 e. The molecule has 1 aromatic heterocycles. The maximum atomic E-state index is 11.4. The zero-order chi connectivity index (χ0) is 15.8. The molecule has 7 nitrogen and oxygen atoms in total. The first-order valence-electron chi connectivity index (χ1n) is 7.16. The molecule has 0 atom stereocenters. The molecule has 1 heterocycles. The summed E-state index contributed by atoms with van der Waals surface area (Å²) in [5, 5.41) is 15.1. The van der Waals surface area contributed by atoms with E-state index in [1.165, 1.54) is 0 Å². The monoisotopic (exact) mass is 305 g/mol. The number of ether oxygens (including phenoxy) is 1. The van der Waals surface area contributed by atoms with Crippen molar-refractivity contribution in [2.24, 2.45) is 0 Å². The van der Waals surface area contributed by atoms with Crippen molar-refractivity contribution in [3.8, 4) is 17.1 Å². The zero-order valence-electron chi connectivity index (χ0n) is 12.4. The molecule has 2 aromatic rings. The Morgan fingerprint density at radius 2 is 2.14 bits per heavy atom. The molecule has 22 heavy (non-hydrogen) atoms. The molecule has 0 spiro atoms. The van der Waals surface area contributed by atoms with Gasteiger partial charge in [0, 0.05) is 24.9 Å². The van der Waals surface area contributed by atoms with Gasteiger partial charge in [-0.3, -0.25) is 4.79 Å². The van der Waals surface area contributed by atoms with Crippen LogP contribution in [0.3, 0.4) is 0 Å². The lowest BCUT2D eigenvalue weighted by Crippen LogP contribution is -2.26. The number of nitrogens with one attached hydrogen (secondary N) is 1. The number of amides is 1. The summed E-state index contributed by atoms with van der Waals surface area (Å²) in [6.45, 7) is 2.72. The summed E-state index contributed by atoms with van der Waals surface area (Å²) in [7, 11) is 0. The van der Waals surface area contributed by atoms with Crippen LogP contribution < -0.4 is 10.1 Å². The normalized spacial score (nSPS) is 10.5. The van der Waals surface area contributed by atoms with Crippen molar-refractivity contribution in [1.82, 2.24) is 15.5 Å². The van der Waals surface area contributed by atoms with Crippen molar-refractivity contribution in [2.75, 3.05) is 19.8 Å². The van der Waals surface area contributed by atoms with Gasteiger partial charge in [-0.05, 0) is 31.2 Å². The van der Waals surface area contributed by atoms with E-state index in [2.05, 4.69) is 15.5 Å². The molecule has 0 aliphatic carbocycles. The third-order valence-corrected chi connectivity index (χ3v) is 2.89. The second-order valence-electron chi connectivity index (χ2n) is 4.54. The fourth-order valence-electron chi connectivity index (χ4n) is 1.84. The molecule has 2 N–H and O–H groups in total. The highest BCUT2D eigenvalue weighted by Gasteiger charge is 2.10. The highest BCUT2D eigenvalue weighted by atomic mass is 16.5. The van der Waals surface area contributed by atoms with Crippen LogP contribution in [0.4, 0.5) is 0 Å². The Labute approximate surface area is 128 Å². The quantitative estimate of drug-likeness (QED) is 0.760. The standard InChI is InChI=1S/C15H19N3O4/c1-2-21-12-5-3-11(4-6-12)15-17-14(22-18-15)8-7-13(20)16-9-10-19/h3-6,19H,2,7-10H2,1H3,(H,16,20). The van der Waals surface area contributed by atoms with Crippen molar-refractivity contribution in [2.45, 2.75) is 19.8 Å². The van der Waals surface area contributed by atoms with Crippen LogP contribution >= 0.6 is 0 Å². The first kappa shape index (κ1) is 16.0. The smallest absolute Gasteiger partial charge is 0.227 e. The van der Waals surface area contributed by atoms with Gasteiger partial charge in [0.2, 0.25) is 17.6 Å². The topological polar surface area (TPSA) is 97.5 Å². The van der Waals surface area contributed by atoms with E-state index in [0.717, 1.165) is 11.3 Å². The largest absolute Gasteiger partial charge is 0.494 e. The van der Waals surface area contributed by atoms with E-state index in [9.17, 15) is 4.79 Å². The zero-order valence-corrected chi connectivity index (χ0v) is 12.4. The minimum atomic E-state index is -0.158. The third-order valence-electron chi connectivity index (χ3n) is 2.89. The van der Waals surface area contributed by atoms with Crippen LogP contribution in [0.15, 0.2) is 28.8 Å². The lowest BCUT2D eigenvalue weighted by atomic mass is 10.2. The second-order valence-corrected chi connectivity index (χ2v) is 4.54. The maximum absolute atomic E-state index is 11.4. The minimum Gasteiger partial charge on any atom is -0.494 e. The van der Waals surface area contributed by atoms with Crippen LogP contribution in [0.25, 0.3) is 11.4 Å². The predicted octanol–water partition coefficient (Wildman–Crippen LogP) is 1.18. The Kier molecular flexibility index (Phi) is 5.91. The highest BCUT2D eigenvalue weighted by molar-refractivity contribution is 5.76. The Morgan fingerprint density at radius 3 is 2.82 bits per heavy atom. The van der Waals surface area contributed by atoms with Crippen molar-refractivity contribution < 1.29 is 19.2 Å². The van der Waals surface area contributed by atoms with Gasteiger partial charge in [-0.25, -0.2) is 0 Å². The SMILES string of the molecule is CCOc1ccc(-c2noc(CCC(=O)NCCO)n2)cc1. The van der Waals surface area contributed by atoms with Crippen LogP contribution in [0.1, 0.15) is 19.2 Å². The van der Waals surface area contributed by atoms with Crippen LogP contribution in [0.2, 0.25) is 0 Å². The van der Waals surface area contributed by atoms with E-state index >= 15 is 0 Å². The van der Waals surface area contributed by atoms with Crippen LogP contribution in [0, 0.1) is 0 Å². The van der Waals surface area contributed by atoms with E-state index in [4.69, 9.17) is 14.4 Å². The van der Waals surface area contributed by atoms with E-state index in [1.807, 2.05) is 31.2 Å². The van der Waals surface area contributed by atoms with E-state index in [1.54, 1.807) is 0 Å². The molecule has 7 heteroatoms. The molecule has 1 aromatic carbocycles. The Hall–Kier alpha value is -2.41. The summed E-state index contributed by atoms with van der Waals surface area (Å²) < 4.78 is 10.5. The number of aliphatic hydroxyl groups excluding tert-OH is 1. The highest BCUT2D eigenvalue weighted by Crippen LogP contribution is 2.20. The van der Waals surface area contributed by atoms with Gasteiger partial charge in [-0.15, -0.1) is 0 Å². The van der Waals surface area contributed by atoms with Gasteiger partial charge in [0.25, 0.3) is 0 Å². The number of aromatic nitrogens is 2. The summed E-state index contributed by atoms with van der Waals surface area (Å²) in [5.74, 6) is 1.52. The van der Waals surface area contributed by atoms with E-state index in [-0.39, 0.29) is 25.5 Å². The molecule has 2 rings (SSSR count). The van der Waals surface area contributed by atoms with Gasteiger partial charge in [0.15, 0.2) is 0 Å². The number of carbonyl (C=O) groups excluding carboxylic acids is 1. The fraction of sp³-hybridized carbons (Fsp3) is 0.400. The molecule has 0 radical (unpaired) electrons. The van der Waals surface area contributed by atoms with Crippen molar-refractivity contribution >= 4 is 5.91 Å². The van der Waals surface area contributed by atoms with Gasteiger partial charge in [0.05, 0.1) is 13.2 Å². The van der Waals surface area contributed by atoms with Gasteiger partial charge >= 0.3 is 0 Å². The summed E-state index contributed by atoms with van der Waals surface area (Å²) >= 11 is 0. The summed E-state index contributed by atoms with van der Waals surface area (Å²) in [6, 6.07) is 7.40. The molecule has 0 aliphatic heterocycles. The fourth-order valence-corrected chi connectivity index (χ4v) is 1.84. The number of nitrogens with zero attached hydrogens (tertiary/aromatic N) is 2. The third kappa shape index (κ3) is 4.56. The summed E-state index contributed by atoms with van der Waals surface area (Å²) in [5.41, 5.74) is 0.822. The number of carbonyl (C=O) groups is 1. The lowest BCUT2D eigenvalue weighted by Gasteiger charge is -2.02. The van der Waals surface area contributed by atoms with Crippen LogP contribution in [-0.2, 0) is 11.2 Å². The molecule has 0 saturated heterocycles. The van der Waals surface area contributed by atoms with Gasteiger partial charge in [-0.1, -0.05) is 5.16 Å². The second kappa shape index (κ2) is 8.14. The van der Waals surface area contributed by atoms with Crippen LogP contribution in [-0.4, -0.2) is 40.9 Å². The predicted molar refractivity (Wildman–Crippen MR) is 79.3 cm³/mol. The summed E-state index contributed by atoms with van der Waals surface area (Å²) in [6.07, 6.45) is 0.603. The first-order valence-corrected chi connectivity index (χ1v) is 7.16. The number of aliphatic hydroxyl groups is 1. The van der Waals surface area contributed by atoms with Gasteiger partial charge in [-0.2, -0.15) is 4.98 Å². The van der Waals surface area contributed by atoms with Gasteiger partial charge < -0.3 is 19.7 Å². The molecule has 118 valence electrons. The number of hydrogen-bond donors (Lipinski definition) is 2. The van der Waals surface area contributed by atoms with E-state index < -0.39 is 0 Å². The number of aryl methyl sites for hydroxylation is 1. The molecular weight excluding hydrogens is 286 g/mol. The summed E-state index contributed by atoms with van der Waals surface area (Å²) in [4.78, 5) is 15.7. The number of benzene rings is 1. The minimum absolute atomic E-state index is 0.0752. The van der Waals surface area contributed by atoms with Gasteiger partial charge in [0.1, 0.15) is 5.75 Å². The Bertz CT molecular complexity index is 595. The first-order chi connectivity index (χ1) is 10.7. The van der Waals surface area contributed by atoms with Crippen molar-refractivity contribution in [3.63, 3.8) is 0 Å². The average Bonchev–Trinajstić information content (AvgIpc) is 3.01. The van der Waals surface area contributed by atoms with E-state index in [0.29, 0.717) is 24.7 Å². The average molecular weight is 305 g/mol. The molecule has 0 saturated carbocycles.